The molecule has 0 aromatic carbocycles. The molecule has 2 heterocycles. The molecular weight excluding hydrogens is 338 g/mol. The van der Waals surface area contributed by atoms with Gasteiger partial charge in [-0.25, -0.2) is 4.98 Å². The number of hydrogen-bond donors (Lipinski definition) is 2. The van der Waals surface area contributed by atoms with E-state index in [0.717, 1.165) is 69.5 Å². The number of amides is 1. The van der Waals surface area contributed by atoms with Crippen LogP contribution in [0.25, 0.3) is 0 Å². The Balaban J connectivity index is 1.27. The first-order chi connectivity index (χ1) is 13.0. The highest BCUT2D eigenvalue weighted by atomic mass is 16.3. The maximum absolute atomic E-state index is 13.3. The zero-order valence-corrected chi connectivity index (χ0v) is 16.2. The summed E-state index contributed by atoms with van der Waals surface area (Å²) in [4.78, 5) is 20.3. The summed E-state index contributed by atoms with van der Waals surface area (Å²) in [6.45, 7) is 3.87. The molecule has 4 saturated carbocycles. The van der Waals surface area contributed by atoms with Crippen molar-refractivity contribution < 1.29 is 9.90 Å². The summed E-state index contributed by atoms with van der Waals surface area (Å²) in [5.41, 5.74) is 0.824. The summed E-state index contributed by atoms with van der Waals surface area (Å²) in [6, 6.07) is 6.35. The number of anilines is 1. The van der Waals surface area contributed by atoms with E-state index < -0.39 is 0 Å². The minimum atomic E-state index is -0.209. The molecule has 5 nitrogen and oxygen atoms in total. The molecule has 1 aromatic heterocycles. The molecule has 5 aliphatic rings. The molecular formula is C22H31N3O2. The van der Waals surface area contributed by atoms with E-state index in [-0.39, 0.29) is 23.5 Å². The Bertz CT molecular complexity index is 720. The van der Waals surface area contributed by atoms with Crippen molar-refractivity contribution in [2.24, 2.45) is 23.2 Å². The van der Waals surface area contributed by atoms with E-state index in [4.69, 9.17) is 0 Å². The van der Waals surface area contributed by atoms with Crippen LogP contribution in [-0.2, 0) is 4.79 Å². The Hall–Kier alpha value is -1.62. The van der Waals surface area contributed by atoms with E-state index in [2.05, 4.69) is 27.3 Å². The van der Waals surface area contributed by atoms with E-state index in [9.17, 15) is 9.90 Å². The van der Waals surface area contributed by atoms with E-state index in [1.165, 1.54) is 0 Å². The number of aliphatic hydroxyl groups excluding tert-OH is 1. The second kappa shape index (κ2) is 6.47. The van der Waals surface area contributed by atoms with E-state index in [0.29, 0.717) is 17.8 Å². The molecule has 1 saturated heterocycles. The molecule has 5 heteroatoms. The Morgan fingerprint density at radius 2 is 2.04 bits per heavy atom. The van der Waals surface area contributed by atoms with Crippen molar-refractivity contribution in [3.63, 3.8) is 0 Å². The number of nitrogens with zero attached hydrogens (tertiary/aromatic N) is 2. The molecule has 2 N–H and O–H groups in total. The van der Waals surface area contributed by atoms with Crippen molar-refractivity contribution in [2.75, 3.05) is 18.0 Å². The molecule has 1 aliphatic heterocycles. The fraction of sp³-hybridized carbons (Fsp3) is 0.727. The molecule has 27 heavy (non-hydrogen) atoms. The van der Waals surface area contributed by atoms with Crippen molar-refractivity contribution in [3.05, 3.63) is 23.9 Å². The molecule has 3 unspecified atom stereocenters. The first-order valence-electron chi connectivity index (χ1n) is 10.7. The van der Waals surface area contributed by atoms with Gasteiger partial charge in [0, 0.05) is 24.8 Å². The first-order valence-corrected chi connectivity index (χ1v) is 10.7. The lowest BCUT2D eigenvalue weighted by atomic mass is 9.48. The number of hydrogen-bond acceptors (Lipinski definition) is 4. The molecule has 0 spiro atoms. The summed E-state index contributed by atoms with van der Waals surface area (Å²) < 4.78 is 0. The van der Waals surface area contributed by atoms with Crippen LogP contribution in [-0.4, -0.2) is 41.2 Å². The lowest BCUT2D eigenvalue weighted by molar-refractivity contribution is -0.163. The molecule has 4 aliphatic carbocycles. The van der Waals surface area contributed by atoms with Crippen LogP contribution in [0.1, 0.15) is 50.6 Å². The third kappa shape index (κ3) is 3.04. The number of rotatable bonds is 3. The monoisotopic (exact) mass is 369 g/mol. The number of piperidine rings is 1. The van der Waals surface area contributed by atoms with Crippen LogP contribution < -0.4 is 10.2 Å². The Labute approximate surface area is 161 Å². The summed E-state index contributed by atoms with van der Waals surface area (Å²) >= 11 is 0. The predicted molar refractivity (Wildman–Crippen MR) is 104 cm³/mol. The summed E-state index contributed by atoms with van der Waals surface area (Å²) in [5, 5.41) is 13.9. The van der Waals surface area contributed by atoms with Gasteiger partial charge < -0.3 is 15.3 Å². The van der Waals surface area contributed by atoms with Crippen molar-refractivity contribution >= 4 is 11.7 Å². The second-order valence-electron chi connectivity index (χ2n) is 9.64. The highest BCUT2D eigenvalue weighted by Crippen LogP contribution is 2.60. The van der Waals surface area contributed by atoms with Gasteiger partial charge in [0.15, 0.2) is 0 Å². The Morgan fingerprint density at radius 3 is 2.78 bits per heavy atom. The average Bonchev–Trinajstić information content (AvgIpc) is 2.65. The fourth-order valence-electron chi connectivity index (χ4n) is 6.62. The van der Waals surface area contributed by atoms with Gasteiger partial charge >= 0.3 is 0 Å². The normalized spacial score (nSPS) is 40.2. The zero-order valence-electron chi connectivity index (χ0n) is 16.2. The van der Waals surface area contributed by atoms with Crippen molar-refractivity contribution in [1.82, 2.24) is 10.3 Å². The van der Waals surface area contributed by atoms with Crippen LogP contribution in [0, 0.1) is 30.1 Å². The third-order valence-electron chi connectivity index (χ3n) is 7.66. The van der Waals surface area contributed by atoms with Crippen LogP contribution in [0.3, 0.4) is 0 Å². The zero-order chi connectivity index (χ0) is 18.6. The van der Waals surface area contributed by atoms with Crippen molar-refractivity contribution in [3.8, 4) is 0 Å². The third-order valence-corrected chi connectivity index (χ3v) is 7.66. The maximum atomic E-state index is 13.3. The molecule has 1 amide bonds. The molecule has 0 radical (unpaired) electrons. The van der Waals surface area contributed by atoms with Gasteiger partial charge in [0.1, 0.15) is 5.82 Å². The minimum absolute atomic E-state index is 0.167. The summed E-state index contributed by atoms with van der Waals surface area (Å²) in [7, 11) is 0. The standard InChI is InChI=1S/C22H31N3O2/c1-14-4-2-6-19(23-14)25-7-3-5-18(13-25)24-21(27)22-10-15-8-16(11-22)20(26)17(9-15)12-22/h2,4,6,15-18,20,26H,3,5,7-13H2,1H3,(H,24,27). The van der Waals surface area contributed by atoms with Crippen molar-refractivity contribution in [1.29, 1.82) is 0 Å². The average molecular weight is 370 g/mol. The van der Waals surface area contributed by atoms with Crippen LogP contribution in [0.15, 0.2) is 18.2 Å². The molecule has 146 valence electrons. The largest absolute Gasteiger partial charge is 0.393 e. The number of pyridine rings is 1. The van der Waals surface area contributed by atoms with E-state index in [1.54, 1.807) is 0 Å². The smallest absolute Gasteiger partial charge is 0.226 e. The molecule has 6 rings (SSSR count). The second-order valence-corrected chi connectivity index (χ2v) is 9.64. The van der Waals surface area contributed by atoms with Gasteiger partial charge in [0.25, 0.3) is 0 Å². The quantitative estimate of drug-likeness (QED) is 0.860. The van der Waals surface area contributed by atoms with Gasteiger partial charge in [-0.1, -0.05) is 6.07 Å². The minimum Gasteiger partial charge on any atom is -0.393 e. The van der Waals surface area contributed by atoms with Crippen LogP contribution >= 0.6 is 0 Å². The summed E-state index contributed by atoms with van der Waals surface area (Å²) in [5.74, 6) is 2.63. The molecule has 1 aromatic rings. The van der Waals surface area contributed by atoms with E-state index >= 15 is 0 Å². The molecule has 5 fully saturated rings. The molecule has 4 bridgehead atoms. The maximum Gasteiger partial charge on any atom is 0.226 e. The van der Waals surface area contributed by atoms with Gasteiger partial charge in [0.05, 0.1) is 11.5 Å². The highest BCUT2D eigenvalue weighted by Gasteiger charge is 2.58. The van der Waals surface area contributed by atoms with Gasteiger partial charge in [-0.15, -0.1) is 0 Å². The number of aryl methyl sites for hydroxylation is 1. The predicted octanol–water partition coefficient (Wildman–Crippen LogP) is 2.66. The number of carbonyl (C=O) groups is 1. The first kappa shape index (κ1) is 17.5. The number of aliphatic hydroxyl groups is 1. The summed E-state index contributed by atoms with van der Waals surface area (Å²) in [6.07, 6.45) is 7.04. The lowest BCUT2D eigenvalue weighted by Gasteiger charge is -2.58. The topological polar surface area (TPSA) is 65.5 Å². The Morgan fingerprint density at radius 1 is 1.26 bits per heavy atom. The van der Waals surface area contributed by atoms with Crippen LogP contribution in [0.4, 0.5) is 5.82 Å². The van der Waals surface area contributed by atoms with Crippen LogP contribution in [0.5, 0.6) is 0 Å². The number of carbonyl (C=O) groups excluding carboxylic acids is 1. The fourth-order valence-corrected chi connectivity index (χ4v) is 6.62. The Kier molecular flexibility index (Phi) is 4.19. The number of aromatic nitrogens is 1. The number of nitrogens with one attached hydrogen (secondary N) is 1. The van der Waals surface area contributed by atoms with E-state index in [1.807, 2.05) is 13.0 Å². The van der Waals surface area contributed by atoms with Gasteiger partial charge in [-0.05, 0) is 81.8 Å². The SMILES string of the molecule is Cc1cccc(N2CCCC(NC(=O)C34CC5CC(C3)C(O)C(C5)C4)C2)n1. The van der Waals surface area contributed by atoms with Gasteiger partial charge in [0.2, 0.25) is 5.91 Å². The van der Waals surface area contributed by atoms with Gasteiger partial charge in [-0.3, -0.25) is 4.79 Å². The highest BCUT2D eigenvalue weighted by molar-refractivity contribution is 5.83. The van der Waals surface area contributed by atoms with Crippen LogP contribution in [0.2, 0.25) is 0 Å². The lowest BCUT2D eigenvalue weighted by Crippen LogP contribution is -2.60. The van der Waals surface area contributed by atoms with Gasteiger partial charge in [-0.2, -0.15) is 0 Å². The van der Waals surface area contributed by atoms with Crippen molar-refractivity contribution in [2.45, 2.75) is 64.0 Å². The molecule has 3 atom stereocenters.